The fraction of sp³-hybridized carbons (Fsp3) is 0.111. The number of hydrogen-bond donors (Lipinski definition) is 1. The van der Waals surface area contributed by atoms with E-state index in [-0.39, 0.29) is 6.79 Å². The van der Waals surface area contributed by atoms with Gasteiger partial charge in [0.15, 0.2) is 0 Å². The maximum Gasteiger partial charge on any atom is 0.230 e. The van der Waals surface area contributed by atoms with Crippen LogP contribution < -0.4 is 15.2 Å². The summed E-state index contributed by atoms with van der Waals surface area (Å²) in [5, 5.41) is 2.35. The first-order valence-corrected chi connectivity index (χ1v) is 6.88. The highest BCUT2D eigenvalue weighted by Gasteiger charge is 1.98. The Kier molecular flexibility index (Phi) is 4.03. The minimum absolute atomic E-state index is 0.181. The first-order valence-electron chi connectivity index (χ1n) is 6.88. The van der Waals surface area contributed by atoms with E-state index in [4.69, 9.17) is 15.2 Å². The third-order valence-electron chi connectivity index (χ3n) is 3.33. The summed E-state index contributed by atoms with van der Waals surface area (Å²) in [7, 11) is 0. The summed E-state index contributed by atoms with van der Waals surface area (Å²) in [6.07, 6.45) is 0. The van der Waals surface area contributed by atoms with Gasteiger partial charge in [-0.25, -0.2) is 0 Å². The van der Waals surface area contributed by atoms with Crippen LogP contribution >= 0.6 is 0 Å². The highest BCUT2D eigenvalue weighted by Crippen LogP contribution is 2.21. The van der Waals surface area contributed by atoms with Crippen LogP contribution in [0.15, 0.2) is 66.7 Å². The molecule has 0 radical (unpaired) electrons. The van der Waals surface area contributed by atoms with Crippen molar-refractivity contribution in [3.05, 3.63) is 72.3 Å². The molecule has 3 rings (SSSR count). The molecular formula is C18H17NO2. The number of hydrogen-bond acceptors (Lipinski definition) is 3. The molecule has 0 aliphatic carbocycles. The average molecular weight is 279 g/mol. The molecule has 106 valence electrons. The van der Waals surface area contributed by atoms with Gasteiger partial charge in [-0.15, -0.1) is 0 Å². The molecule has 0 saturated carbocycles. The van der Waals surface area contributed by atoms with Crippen molar-refractivity contribution in [2.75, 3.05) is 6.79 Å². The molecule has 0 aliphatic heterocycles. The van der Waals surface area contributed by atoms with Gasteiger partial charge >= 0.3 is 0 Å². The van der Waals surface area contributed by atoms with Crippen LogP contribution in [0.2, 0.25) is 0 Å². The van der Waals surface area contributed by atoms with Crippen LogP contribution in [0.3, 0.4) is 0 Å². The molecule has 0 aromatic heterocycles. The van der Waals surface area contributed by atoms with Gasteiger partial charge < -0.3 is 15.2 Å². The van der Waals surface area contributed by atoms with E-state index in [1.165, 1.54) is 5.39 Å². The molecule has 3 nitrogen and oxygen atoms in total. The van der Waals surface area contributed by atoms with Crippen molar-refractivity contribution in [2.24, 2.45) is 5.73 Å². The van der Waals surface area contributed by atoms with E-state index in [0.717, 1.165) is 22.4 Å². The Morgan fingerprint density at radius 3 is 2.14 bits per heavy atom. The molecule has 0 amide bonds. The summed E-state index contributed by atoms with van der Waals surface area (Å²) in [4.78, 5) is 0. The van der Waals surface area contributed by atoms with E-state index in [9.17, 15) is 0 Å². The zero-order valence-corrected chi connectivity index (χ0v) is 11.7. The molecule has 3 heteroatoms. The van der Waals surface area contributed by atoms with Gasteiger partial charge in [0.25, 0.3) is 0 Å². The quantitative estimate of drug-likeness (QED) is 0.724. The Balaban J connectivity index is 1.60. The fourth-order valence-corrected chi connectivity index (χ4v) is 2.14. The van der Waals surface area contributed by atoms with Gasteiger partial charge in [0.1, 0.15) is 11.5 Å². The standard InChI is InChI=1S/C18H17NO2/c19-12-14-5-8-17(9-6-14)20-13-21-18-10-7-15-3-1-2-4-16(15)11-18/h1-11H,12-13,19H2. The highest BCUT2D eigenvalue weighted by molar-refractivity contribution is 5.83. The lowest BCUT2D eigenvalue weighted by Crippen LogP contribution is -2.05. The molecule has 0 spiro atoms. The fourth-order valence-electron chi connectivity index (χ4n) is 2.14. The van der Waals surface area contributed by atoms with E-state index in [2.05, 4.69) is 12.1 Å². The van der Waals surface area contributed by atoms with Crippen molar-refractivity contribution in [3.63, 3.8) is 0 Å². The summed E-state index contributed by atoms with van der Waals surface area (Å²) in [5.41, 5.74) is 6.64. The molecule has 0 saturated heterocycles. The second kappa shape index (κ2) is 6.29. The van der Waals surface area contributed by atoms with Gasteiger partial charge in [0, 0.05) is 6.54 Å². The number of rotatable bonds is 5. The summed E-state index contributed by atoms with van der Waals surface area (Å²) < 4.78 is 11.2. The van der Waals surface area contributed by atoms with Crippen LogP contribution in [0.25, 0.3) is 10.8 Å². The van der Waals surface area contributed by atoms with E-state index in [1.807, 2.05) is 54.6 Å². The molecule has 0 bridgehead atoms. The molecule has 21 heavy (non-hydrogen) atoms. The van der Waals surface area contributed by atoms with Crippen molar-refractivity contribution in [1.29, 1.82) is 0 Å². The SMILES string of the molecule is NCc1ccc(OCOc2ccc3ccccc3c2)cc1. The molecule has 0 heterocycles. The van der Waals surface area contributed by atoms with Crippen LogP contribution in [0.1, 0.15) is 5.56 Å². The molecule has 0 atom stereocenters. The van der Waals surface area contributed by atoms with Crippen molar-refractivity contribution in [2.45, 2.75) is 6.54 Å². The monoisotopic (exact) mass is 279 g/mol. The van der Waals surface area contributed by atoms with E-state index >= 15 is 0 Å². The van der Waals surface area contributed by atoms with Gasteiger partial charge in [-0.1, -0.05) is 42.5 Å². The van der Waals surface area contributed by atoms with Crippen LogP contribution in [0.4, 0.5) is 0 Å². The number of benzene rings is 3. The van der Waals surface area contributed by atoms with Crippen molar-refractivity contribution < 1.29 is 9.47 Å². The van der Waals surface area contributed by atoms with Crippen LogP contribution in [-0.2, 0) is 6.54 Å². The molecule has 0 fully saturated rings. The van der Waals surface area contributed by atoms with E-state index in [1.54, 1.807) is 0 Å². The van der Waals surface area contributed by atoms with Crippen LogP contribution in [0.5, 0.6) is 11.5 Å². The minimum atomic E-state index is 0.181. The first-order chi connectivity index (χ1) is 10.3. The van der Waals surface area contributed by atoms with Crippen molar-refractivity contribution >= 4 is 10.8 Å². The molecule has 0 aliphatic rings. The molecule has 0 unspecified atom stereocenters. The topological polar surface area (TPSA) is 44.5 Å². The number of ether oxygens (including phenoxy) is 2. The molecule has 3 aromatic carbocycles. The predicted molar refractivity (Wildman–Crippen MR) is 84.4 cm³/mol. The Morgan fingerprint density at radius 2 is 1.38 bits per heavy atom. The summed E-state index contributed by atoms with van der Waals surface area (Å²) in [6.45, 7) is 0.716. The predicted octanol–water partition coefficient (Wildman–Crippen LogP) is 3.71. The van der Waals surface area contributed by atoms with E-state index in [0.29, 0.717) is 6.54 Å². The van der Waals surface area contributed by atoms with Crippen LogP contribution in [-0.4, -0.2) is 6.79 Å². The van der Waals surface area contributed by atoms with Gasteiger partial charge in [-0.3, -0.25) is 0 Å². The highest BCUT2D eigenvalue weighted by atomic mass is 16.7. The third kappa shape index (κ3) is 3.33. The molecule has 2 N–H and O–H groups in total. The zero-order chi connectivity index (χ0) is 14.5. The van der Waals surface area contributed by atoms with Gasteiger partial charge in [0.2, 0.25) is 6.79 Å². The second-order valence-electron chi connectivity index (χ2n) is 4.76. The van der Waals surface area contributed by atoms with Crippen LogP contribution in [0, 0.1) is 0 Å². The molecule has 3 aromatic rings. The maximum absolute atomic E-state index is 5.63. The lowest BCUT2D eigenvalue weighted by Gasteiger charge is -2.09. The lowest BCUT2D eigenvalue weighted by atomic mass is 10.1. The Bertz CT molecular complexity index is 723. The van der Waals surface area contributed by atoms with Gasteiger partial charge in [0.05, 0.1) is 0 Å². The first kappa shape index (κ1) is 13.5. The van der Waals surface area contributed by atoms with E-state index < -0.39 is 0 Å². The summed E-state index contributed by atoms with van der Waals surface area (Å²) in [5.74, 6) is 1.57. The maximum atomic E-state index is 5.63. The normalized spacial score (nSPS) is 10.5. The average Bonchev–Trinajstić information content (AvgIpc) is 2.55. The largest absolute Gasteiger partial charge is 0.458 e. The lowest BCUT2D eigenvalue weighted by molar-refractivity contribution is 0.120. The van der Waals surface area contributed by atoms with Gasteiger partial charge in [-0.05, 0) is 40.6 Å². The zero-order valence-electron chi connectivity index (χ0n) is 11.7. The molecular weight excluding hydrogens is 262 g/mol. The second-order valence-corrected chi connectivity index (χ2v) is 4.76. The Hall–Kier alpha value is -2.52. The Labute approximate surface area is 123 Å². The van der Waals surface area contributed by atoms with Gasteiger partial charge in [-0.2, -0.15) is 0 Å². The smallest absolute Gasteiger partial charge is 0.230 e. The summed E-state index contributed by atoms with van der Waals surface area (Å²) in [6, 6.07) is 21.9. The minimum Gasteiger partial charge on any atom is -0.458 e. The van der Waals surface area contributed by atoms with Crippen molar-refractivity contribution in [3.8, 4) is 11.5 Å². The summed E-state index contributed by atoms with van der Waals surface area (Å²) >= 11 is 0. The van der Waals surface area contributed by atoms with Crippen molar-refractivity contribution in [1.82, 2.24) is 0 Å². The number of fused-ring (bicyclic) bond motifs is 1. The number of nitrogens with two attached hydrogens (primary N) is 1. The third-order valence-corrected chi connectivity index (χ3v) is 3.33. The Morgan fingerprint density at radius 1 is 0.714 bits per heavy atom.